The molecule has 2 heterocycles. The molecule has 2 amide bonds. The summed E-state index contributed by atoms with van der Waals surface area (Å²) in [6.45, 7) is 0. The molecule has 0 saturated heterocycles. The van der Waals surface area contributed by atoms with Gasteiger partial charge in [-0.25, -0.2) is 0 Å². The van der Waals surface area contributed by atoms with Crippen LogP contribution in [0.25, 0.3) is 32.9 Å². The molecule has 6 heteroatoms. The van der Waals surface area contributed by atoms with Gasteiger partial charge in [-0.05, 0) is 33.6 Å². The van der Waals surface area contributed by atoms with Crippen LogP contribution in [0.1, 0.15) is 20.7 Å². The fourth-order valence-electron chi connectivity index (χ4n) is 3.65. The number of aromatic nitrogens is 1. The lowest BCUT2D eigenvalue weighted by atomic mass is 9.93. The Morgan fingerprint density at radius 1 is 0.769 bits per heavy atom. The largest absolute Gasteiger partial charge is 0.354 e. The Hall–Kier alpha value is -2.44. The topological polar surface area (TPSA) is 62.0 Å². The van der Waals surface area contributed by atoms with E-state index in [1.54, 1.807) is 0 Å². The molecule has 4 nitrogen and oxygen atoms in total. The first-order valence-corrected chi connectivity index (χ1v) is 9.53. The van der Waals surface area contributed by atoms with Gasteiger partial charge < -0.3 is 4.98 Å². The molecule has 4 aromatic rings. The molecule has 0 unspecified atom stereocenters. The van der Waals surface area contributed by atoms with Gasteiger partial charge in [0, 0.05) is 26.3 Å². The number of rotatable bonds is 1. The van der Waals surface area contributed by atoms with Gasteiger partial charge in [-0.3, -0.25) is 14.9 Å². The van der Waals surface area contributed by atoms with Crippen molar-refractivity contribution in [2.45, 2.75) is 0 Å². The van der Waals surface area contributed by atoms with Crippen molar-refractivity contribution in [2.75, 3.05) is 0 Å². The van der Waals surface area contributed by atoms with Gasteiger partial charge in [0.25, 0.3) is 11.8 Å². The van der Waals surface area contributed by atoms with Crippen LogP contribution in [0, 0.1) is 0 Å². The van der Waals surface area contributed by atoms with Gasteiger partial charge >= 0.3 is 0 Å². The molecule has 3 aromatic carbocycles. The molecule has 1 aromatic heterocycles. The Balaban J connectivity index is 2.06. The Morgan fingerprint density at radius 3 is 2.27 bits per heavy atom. The van der Waals surface area contributed by atoms with Crippen LogP contribution >= 0.6 is 31.9 Å². The molecule has 0 bridgehead atoms. The van der Waals surface area contributed by atoms with Crippen LogP contribution in [0.5, 0.6) is 0 Å². The van der Waals surface area contributed by atoms with E-state index in [1.807, 2.05) is 48.5 Å². The van der Waals surface area contributed by atoms with Gasteiger partial charge in [-0.15, -0.1) is 0 Å². The predicted octanol–water partition coefficient (Wildman–Crippen LogP) is 5.40. The second-order valence-electron chi connectivity index (χ2n) is 6.12. The first kappa shape index (κ1) is 15.8. The summed E-state index contributed by atoms with van der Waals surface area (Å²) in [4.78, 5) is 28.7. The van der Waals surface area contributed by atoms with E-state index in [0.29, 0.717) is 16.7 Å². The fraction of sp³-hybridized carbons (Fsp3) is 0. The maximum atomic E-state index is 12.7. The van der Waals surface area contributed by atoms with Crippen molar-refractivity contribution in [3.05, 3.63) is 68.6 Å². The molecule has 1 aliphatic rings. The van der Waals surface area contributed by atoms with Crippen molar-refractivity contribution < 1.29 is 9.59 Å². The average Bonchev–Trinajstić information content (AvgIpc) is 3.14. The highest BCUT2D eigenvalue weighted by atomic mass is 79.9. The van der Waals surface area contributed by atoms with E-state index in [9.17, 15) is 9.59 Å². The first-order chi connectivity index (χ1) is 12.6. The van der Waals surface area contributed by atoms with Gasteiger partial charge in [0.15, 0.2) is 0 Å². The first-order valence-electron chi connectivity index (χ1n) is 7.94. The number of fused-ring (bicyclic) bond motifs is 5. The minimum atomic E-state index is -0.372. The van der Waals surface area contributed by atoms with E-state index < -0.39 is 0 Å². The van der Waals surface area contributed by atoms with Crippen molar-refractivity contribution in [3.8, 4) is 11.1 Å². The van der Waals surface area contributed by atoms with Crippen molar-refractivity contribution in [2.24, 2.45) is 0 Å². The highest BCUT2D eigenvalue weighted by Crippen LogP contribution is 2.45. The van der Waals surface area contributed by atoms with Crippen molar-refractivity contribution >= 4 is 65.5 Å². The number of aromatic amines is 1. The summed E-state index contributed by atoms with van der Waals surface area (Å²) in [5.74, 6) is -0.732. The van der Waals surface area contributed by atoms with E-state index in [2.05, 4.69) is 42.2 Å². The maximum Gasteiger partial charge on any atom is 0.259 e. The van der Waals surface area contributed by atoms with Crippen LogP contribution < -0.4 is 5.32 Å². The van der Waals surface area contributed by atoms with E-state index in [1.165, 1.54) is 0 Å². The molecular weight excluding hydrogens is 460 g/mol. The third-order valence-electron chi connectivity index (χ3n) is 4.72. The number of hydrogen-bond donors (Lipinski definition) is 2. The molecule has 0 atom stereocenters. The van der Waals surface area contributed by atoms with E-state index in [-0.39, 0.29) is 11.8 Å². The number of nitrogens with one attached hydrogen (secondary N) is 2. The predicted molar refractivity (Wildman–Crippen MR) is 108 cm³/mol. The monoisotopic (exact) mass is 468 g/mol. The summed E-state index contributed by atoms with van der Waals surface area (Å²) in [7, 11) is 0. The Bertz CT molecular complexity index is 1270. The number of carbonyl (C=O) groups is 2. The molecule has 0 spiro atoms. The van der Waals surface area contributed by atoms with Gasteiger partial charge in [0.05, 0.1) is 21.1 Å². The lowest BCUT2D eigenvalue weighted by molar-refractivity contribution is 0.0880. The third-order valence-corrected chi connectivity index (χ3v) is 6.20. The summed E-state index contributed by atoms with van der Waals surface area (Å²) in [5.41, 5.74) is 4.11. The lowest BCUT2D eigenvalue weighted by Crippen LogP contribution is -2.20. The van der Waals surface area contributed by atoms with Gasteiger partial charge in [0.2, 0.25) is 0 Å². The molecule has 0 fully saturated rings. The average molecular weight is 470 g/mol. The quantitative estimate of drug-likeness (QED) is 0.367. The van der Waals surface area contributed by atoms with Crippen LogP contribution in [0.3, 0.4) is 0 Å². The summed E-state index contributed by atoms with van der Waals surface area (Å²) >= 11 is 7.25. The third kappa shape index (κ3) is 2.00. The van der Waals surface area contributed by atoms with Crippen LogP contribution in [0.2, 0.25) is 0 Å². The fourth-order valence-corrected chi connectivity index (χ4v) is 4.84. The Morgan fingerprint density at radius 2 is 1.46 bits per heavy atom. The molecular formula is C20H10Br2N2O2. The zero-order valence-electron chi connectivity index (χ0n) is 13.2. The summed E-state index contributed by atoms with van der Waals surface area (Å²) in [5, 5.41) is 4.14. The van der Waals surface area contributed by atoms with Crippen molar-refractivity contribution in [3.63, 3.8) is 0 Å². The summed E-state index contributed by atoms with van der Waals surface area (Å²) < 4.78 is 1.62. The maximum absolute atomic E-state index is 12.7. The molecule has 126 valence electrons. The second-order valence-corrected chi connectivity index (χ2v) is 7.77. The van der Waals surface area contributed by atoms with Crippen molar-refractivity contribution in [1.82, 2.24) is 10.3 Å². The van der Waals surface area contributed by atoms with Gasteiger partial charge in [-0.2, -0.15) is 0 Å². The van der Waals surface area contributed by atoms with Crippen molar-refractivity contribution in [1.29, 1.82) is 0 Å². The number of H-pyrrole nitrogens is 1. The molecule has 0 radical (unpaired) electrons. The number of benzene rings is 3. The van der Waals surface area contributed by atoms with E-state index in [4.69, 9.17) is 0 Å². The molecule has 0 saturated carbocycles. The van der Waals surface area contributed by atoms with Gasteiger partial charge in [-0.1, -0.05) is 52.3 Å². The SMILES string of the molecule is O=C1NC(=O)c2c1c(-c1ccccc1Br)c(Br)c1[nH]c3ccccc3c21. The van der Waals surface area contributed by atoms with E-state index in [0.717, 1.165) is 36.3 Å². The highest BCUT2D eigenvalue weighted by Gasteiger charge is 2.35. The van der Waals surface area contributed by atoms with Crippen LogP contribution in [-0.2, 0) is 0 Å². The zero-order valence-corrected chi connectivity index (χ0v) is 16.4. The van der Waals surface area contributed by atoms with Gasteiger partial charge in [0.1, 0.15) is 0 Å². The normalized spacial score (nSPS) is 13.5. The number of carbonyl (C=O) groups excluding carboxylic acids is 2. The van der Waals surface area contributed by atoms with Crippen LogP contribution in [0.4, 0.5) is 0 Å². The number of hydrogen-bond acceptors (Lipinski definition) is 2. The number of imide groups is 1. The number of para-hydroxylation sites is 1. The standard InChI is InChI=1S/C20H10Br2N2O2/c21-11-7-3-1-5-9(11)13-15-16(20(26)24-19(15)25)14-10-6-2-4-8-12(10)23-18(14)17(13)22/h1-8,23H,(H,24,25,26). The second kappa shape index (κ2) is 5.53. The summed E-state index contributed by atoms with van der Waals surface area (Å²) in [6.07, 6.45) is 0. The summed E-state index contributed by atoms with van der Waals surface area (Å²) in [6, 6.07) is 15.4. The lowest BCUT2D eigenvalue weighted by Gasteiger charge is -2.13. The minimum Gasteiger partial charge on any atom is -0.354 e. The number of amides is 2. The Labute approximate surface area is 164 Å². The molecule has 2 N–H and O–H groups in total. The Kier molecular flexibility index (Phi) is 3.36. The number of halogens is 2. The molecule has 5 rings (SSSR count). The minimum absolute atomic E-state index is 0.361. The smallest absolute Gasteiger partial charge is 0.259 e. The highest BCUT2D eigenvalue weighted by molar-refractivity contribution is 9.11. The van der Waals surface area contributed by atoms with Crippen LogP contribution in [-0.4, -0.2) is 16.8 Å². The zero-order chi connectivity index (χ0) is 18.0. The molecule has 26 heavy (non-hydrogen) atoms. The van der Waals surface area contributed by atoms with E-state index >= 15 is 0 Å². The molecule has 1 aliphatic heterocycles. The molecule has 0 aliphatic carbocycles. The van der Waals surface area contributed by atoms with Crippen LogP contribution in [0.15, 0.2) is 57.5 Å².